The molecule has 0 atom stereocenters. The van der Waals surface area contributed by atoms with E-state index in [1.54, 1.807) is 0 Å². The lowest BCUT2D eigenvalue weighted by molar-refractivity contribution is 0.0440. The molecule has 0 heterocycles. The molecule has 1 heteroatoms. The van der Waals surface area contributed by atoms with Crippen molar-refractivity contribution in [3.63, 3.8) is 0 Å². The molecule has 0 saturated heterocycles. The van der Waals surface area contributed by atoms with Gasteiger partial charge in [0, 0.05) is 0 Å². The Balaban J connectivity index is 4.01. The molecule has 0 radical (unpaired) electrons. The zero-order valence-electron chi connectivity index (χ0n) is 7.44. The SMILES string of the molecule is C=CC(C)(C)CC(C)(C)O. The van der Waals surface area contributed by atoms with E-state index in [-0.39, 0.29) is 5.41 Å². The van der Waals surface area contributed by atoms with Gasteiger partial charge in [0.1, 0.15) is 0 Å². The quantitative estimate of drug-likeness (QED) is 0.600. The average Bonchev–Trinajstić information content (AvgIpc) is 1.60. The second-order valence-electron chi connectivity index (χ2n) is 4.18. The number of allylic oxidation sites excluding steroid dienone is 1. The zero-order valence-corrected chi connectivity index (χ0v) is 7.44. The van der Waals surface area contributed by atoms with E-state index in [0.717, 1.165) is 6.42 Å². The predicted octanol–water partition coefficient (Wildman–Crippen LogP) is 2.36. The van der Waals surface area contributed by atoms with Crippen molar-refractivity contribution in [3.05, 3.63) is 12.7 Å². The van der Waals surface area contributed by atoms with Crippen LogP contribution in [0.1, 0.15) is 34.1 Å². The number of rotatable bonds is 3. The van der Waals surface area contributed by atoms with Crippen LogP contribution in [0.2, 0.25) is 0 Å². The van der Waals surface area contributed by atoms with Gasteiger partial charge >= 0.3 is 0 Å². The lowest BCUT2D eigenvalue weighted by Crippen LogP contribution is -2.26. The third-order valence-electron chi connectivity index (χ3n) is 1.44. The first-order chi connectivity index (χ1) is 4.27. The van der Waals surface area contributed by atoms with Crippen LogP contribution in [0.4, 0.5) is 0 Å². The average molecular weight is 142 g/mol. The highest BCUT2D eigenvalue weighted by Gasteiger charge is 2.23. The monoisotopic (exact) mass is 142 g/mol. The van der Waals surface area contributed by atoms with Gasteiger partial charge in [-0.2, -0.15) is 0 Å². The molecule has 0 spiro atoms. The third kappa shape index (κ3) is 4.57. The van der Waals surface area contributed by atoms with Gasteiger partial charge in [-0.3, -0.25) is 0 Å². The van der Waals surface area contributed by atoms with E-state index in [9.17, 15) is 5.11 Å². The van der Waals surface area contributed by atoms with Gasteiger partial charge in [0.05, 0.1) is 5.60 Å². The fourth-order valence-corrected chi connectivity index (χ4v) is 1.19. The van der Waals surface area contributed by atoms with Crippen molar-refractivity contribution in [3.8, 4) is 0 Å². The van der Waals surface area contributed by atoms with Crippen molar-refractivity contribution < 1.29 is 5.11 Å². The van der Waals surface area contributed by atoms with Crippen LogP contribution >= 0.6 is 0 Å². The molecule has 0 fully saturated rings. The van der Waals surface area contributed by atoms with Crippen molar-refractivity contribution in [1.82, 2.24) is 0 Å². The molecule has 0 rings (SSSR count). The maximum absolute atomic E-state index is 9.44. The summed E-state index contributed by atoms with van der Waals surface area (Å²) in [4.78, 5) is 0. The molecular weight excluding hydrogens is 124 g/mol. The highest BCUT2D eigenvalue weighted by atomic mass is 16.3. The molecule has 0 aromatic rings. The van der Waals surface area contributed by atoms with Gasteiger partial charge in [0.2, 0.25) is 0 Å². The molecule has 0 aliphatic heterocycles. The van der Waals surface area contributed by atoms with Crippen molar-refractivity contribution >= 4 is 0 Å². The first-order valence-electron chi connectivity index (χ1n) is 3.63. The van der Waals surface area contributed by atoms with Crippen LogP contribution < -0.4 is 0 Å². The van der Waals surface area contributed by atoms with E-state index < -0.39 is 5.60 Å². The molecular formula is C9H18O. The zero-order chi connectivity index (χ0) is 8.41. The largest absolute Gasteiger partial charge is 0.390 e. The molecule has 0 amide bonds. The molecule has 1 nitrogen and oxygen atoms in total. The number of aliphatic hydroxyl groups is 1. The third-order valence-corrected chi connectivity index (χ3v) is 1.44. The smallest absolute Gasteiger partial charge is 0.0599 e. The Morgan fingerprint density at radius 1 is 1.30 bits per heavy atom. The molecule has 0 aromatic heterocycles. The van der Waals surface area contributed by atoms with Crippen molar-refractivity contribution in [2.45, 2.75) is 39.7 Å². The maximum Gasteiger partial charge on any atom is 0.0599 e. The van der Waals surface area contributed by atoms with E-state index in [1.165, 1.54) is 0 Å². The van der Waals surface area contributed by atoms with Crippen LogP contribution in [0, 0.1) is 5.41 Å². The van der Waals surface area contributed by atoms with Crippen molar-refractivity contribution in [2.75, 3.05) is 0 Å². The number of hydrogen-bond acceptors (Lipinski definition) is 1. The lowest BCUT2D eigenvalue weighted by atomic mass is 9.82. The summed E-state index contributed by atoms with van der Waals surface area (Å²) in [6.45, 7) is 11.5. The molecule has 1 N–H and O–H groups in total. The standard InChI is InChI=1S/C9H18O/c1-6-8(2,3)7-9(4,5)10/h6,10H,1,7H2,2-5H3. The first-order valence-corrected chi connectivity index (χ1v) is 3.63. The van der Waals surface area contributed by atoms with E-state index in [1.807, 2.05) is 19.9 Å². The Hall–Kier alpha value is -0.300. The molecule has 0 aliphatic rings. The van der Waals surface area contributed by atoms with E-state index in [0.29, 0.717) is 0 Å². The molecule has 0 bridgehead atoms. The predicted molar refractivity (Wildman–Crippen MR) is 44.9 cm³/mol. The Kier molecular flexibility index (Phi) is 2.67. The normalized spacial score (nSPS) is 13.3. The summed E-state index contributed by atoms with van der Waals surface area (Å²) in [6, 6.07) is 0. The van der Waals surface area contributed by atoms with Gasteiger partial charge in [-0.25, -0.2) is 0 Å². The Morgan fingerprint density at radius 3 is 1.80 bits per heavy atom. The maximum atomic E-state index is 9.44. The molecule has 10 heavy (non-hydrogen) atoms. The van der Waals surface area contributed by atoms with Gasteiger partial charge in [-0.15, -0.1) is 6.58 Å². The Labute approximate surface area is 63.8 Å². The minimum absolute atomic E-state index is 0.0399. The summed E-state index contributed by atoms with van der Waals surface area (Å²) in [5.41, 5.74) is -0.546. The van der Waals surface area contributed by atoms with Crippen LogP contribution in [0.15, 0.2) is 12.7 Å². The second kappa shape index (κ2) is 2.75. The number of hydrogen-bond donors (Lipinski definition) is 1. The topological polar surface area (TPSA) is 20.2 Å². The fraction of sp³-hybridized carbons (Fsp3) is 0.778. The van der Waals surface area contributed by atoms with Gasteiger partial charge < -0.3 is 5.11 Å². The fourth-order valence-electron chi connectivity index (χ4n) is 1.19. The van der Waals surface area contributed by atoms with Gasteiger partial charge in [0.15, 0.2) is 0 Å². The van der Waals surface area contributed by atoms with Gasteiger partial charge in [-0.1, -0.05) is 19.9 Å². The lowest BCUT2D eigenvalue weighted by Gasteiger charge is -2.28. The van der Waals surface area contributed by atoms with Gasteiger partial charge in [-0.05, 0) is 25.7 Å². The molecule has 60 valence electrons. The molecule has 0 aromatic carbocycles. The highest BCUT2D eigenvalue weighted by Crippen LogP contribution is 2.28. The van der Waals surface area contributed by atoms with E-state index in [4.69, 9.17) is 0 Å². The summed E-state index contributed by atoms with van der Waals surface area (Å²) in [5, 5.41) is 9.44. The summed E-state index contributed by atoms with van der Waals surface area (Å²) in [5.74, 6) is 0. The Bertz CT molecular complexity index is 117. The van der Waals surface area contributed by atoms with Crippen LogP contribution in [-0.2, 0) is 0 Å². The van der Waals surface area contributed by atoms with Crippen LogP contribution in [0.25, 0.3) is 0 Å². The summed E-state index contributed by atoms with van der Waals surface area (Å²) in [6.07, 6.45) is 2.63. The second-order valence-corrected chi connectivity index (χ2v) is 4.18. The van der Waals surface area contributed by atoms with Crippen LogP contribution in [0.5, 0.6) is 0 Å². The van der Waals surface area contributed by atoms with Crippen molar-refractivity contribution in [1.29, 1.82) is 0 Å². The van der Waals surface area contributed by atoms with Crippen molar-refractivity contribution in [2.24, 2.45) is 5.41 Å². The van der Waals surface area contributed by atoms with Crippen LogP contribution in [-0.4, -0.2) is 10.7 Å². The first kappa shape index (κ1) is 9.70. The van der Waals surface area contributed by atoms with Gasteiger partial charge in [0.25, 0.3) is 0 Å². The summed E-state index contributed by atoms with van der Waals surface area (Å²) in [7, 11) is 0. The van der Waals surface area contributed by atoms with E-state index >= 15 is 0 Å². The molecule has 0 saturated carbocycles. The van der Waals surface area contributed by atoms with Crippen LogP contribution in [0.3, 0.4) is 0 Å². The van der Waals surface area contributed by atoms with E-state index in [2.05, 4.69) is 20.4 Å². The molecule has 0 aliphatic carbocycles. The molecule has 0 unspecified atom stereocenters. The Morgan fingerprint density at radius 2 is 1.70 bits per heavy atom. The minimum atomic E-state index is -0.586. The minimum Gasteiger partial charge on any atom is -0.390 e. The summed E-state index contributed by atoms with van der Waals surface area (Å²) >= 11 is 0. The summed E-state index contributed by atoms with van der Waals surface area (Å²) < 4.78 is 0. The highest BCUT2D eigenvalue weighted by molar-refractivity contribution is 4.91.